The van der Waals surface area contributed by atoms with Crippen LogP contribution in [0.4, 0.5) is 18.9 Å². The maximum atomic E-state index is 12.6. The van der Waals surface area contributed by atoms with E-state index in [1.807, 2.05) is 24.3 Å². The van der Waals surface area contributed by atoms with Crippen LogP contribution >= 0.6 is 23.4 Å². The lowest BCUT2D eigenvalue weighted by Crippen LogP contribution is -2.52. The zero-order chi connectivity index (χ0) is 17.8. The highest BCUT2D eigenvalue weighted by Crippen LogP contribution is 2.33. The Balaban J connectivity index is 2.77. The molecular formula is C14H18ClF3N2O2S. The quantitative estimate of drug-likeness (QED) is 0.755. The average Bonchev–Trinajstić information content (AvgIpc) is 2.39. The number of aliphatic hydroxyl groups is 1. The highest BCUT2D eigenvalue weighted by atomic mass is 35.5. The molecular weight excluding hydrogens is 353 g/mol. The van der Waals surface area contributed by atoms with Gasteiger partial charge in [-0.2, -0.15) is 13.2 Å². The molecule has 0 aliphatic carbocycles. The summed E-state index contributed by atoms with van der Waals surface area (Å²) in [4.78, 5) is 14.5. The topological polar surface area (TPSA) is 52.6 Å². The van der Waals surface area contributed by atoms with Crippen molar-refractivity contribution in [2.45, 2.75) is 23.6 Å². The highest BCUT2D eigenvalue weighted by molar-refractivity contribution is 7.99. The molecule has 4 nitrogen and oxygen atoms in total. The number of halogens is 4. The predicted molar refractivity (Wildman–Crippen MR) is 86.0 cm³/mol. The number of carbonyl (C=O) groups is 1. The van der Waals surface area contributed by atoms with Crippen LogP contribution in [0.2, 0.25) is 5.02 Å². The molecule has 0 aromatic heterocycles. The third kappa shape index (κ3) is 5.56. The van der Waals surface area contributed by atoms with Crippen molar-refractivity contribution in [1.82, 2.24) is 4.90 Å². The third-order valence-corrected chi connectivity index (χ3v) is 4.28. The van der Waals surface area contributed by atoms with E-state index in [4.69, 9.17) is 11.6 Å². The molecule has 0 saturated carbocycles. The molecule has 0 radical (unpaired) electrons. The first-order valence-corrected chi connectivity index (χ1v) is 7.99. The maximum Gasteiger partial charge on any atom is 0.426 e. The van der Waals surface area contributed by atoms with Gasteiger partial charge in [0.2, 0.25) is 5.60 Å². The molecule has 0 spiro atoms. The van der Waals surface area contributed by atoms with Gasteiger partial charge in [-0.15, -0.1) is 11.8 Å². The monoisotopic (exact) mass is 370 g/mol. The Morgan fingerprint density at radius 3 is 2.48 bits per heavy atom. The average molecular weight is 371 g/mol. The van der Waals surface area contributed by atoms with Crippen molar-refractivity contribution in [3.8, 4) is 0 Å². The fraction of sp³-hybridized carbons (Fsp3) is 0.500. The molecule has 2 N–H and O–H groups in total. The number of nitrogens with one attached hydrogen (secondary N) is 1. The minimum atomic E-state index is -5.08. The lowest BCUT2D eigenvalue weighted by atomic mass is 10.1. The summed E-state index contributed by atoms with van der Waals surface area (Å²) in [5, 5.41) is 11.4. The zero-order valence-corrected chi connectivity index (χ0v) is 14.4. The van der Waals surface area contributed by atoms with Crippen LogP contribution in [0.5, 0.6) is 0 Å². The number of thioether (sulfide) groups is 1. The molecule has 130 valence electrons. The van der Waals surface area contributed by atoms with E-state index in [0.717, 1.165) is 17.2 Å². The SMILES string of the molecule is CN(C)CCSc1ccc(NC(=O)[C@@](C)(O)C(F)(F)F)c(Cl)c1. The van der Waals surface area contributed by atoms with Crippen LogP contribution in [0, 0.1) is 0 Å². The normalized spacial score (nSPS) is 14.7. The molecule has 1 rings (SSSR count). The molecule has 0 saturated heterocycles. The Labute approximate surface area is 142 Å². The smallest absolute Gasteiger partial charge is 0.373 e. The Kier molecular flexibility index (Phi) is 6.76. The summed E-state index contributed by atoms with van der Waals surface area (Å²) in [6.07, 6.45) is -5.08. The number of hydrogen-bond acceptors (Lipinski definition) is 4. The Morgan fingerprint density at radius 1 is 1.39 bits per heavy atom. The van der Waals surface area contributed by atoms with Gasteiger partial charge < -0.3 is 15.3 Å². The van der Waals surface area contributed by atoms with Gasteiger partial charge in [-0.1, -0.05) is 11.6 Å². The molecule has 0 fully saturated rings. The lowest BCUT2D eigenvalue weighted by Gasteiger charge is -2.25. The van der Waals surface area contributed by atoms with Crippen LogP contribution in [0.1, 0.15) is 6.92 Å². The molecule has 1 atom stereocenters. The van der Waals surface area contributed by atoms with Gasteiger partial charge in [0.1, 0.15) is 0 Å². The van der Waals surface area contributed by atoms with Crippen molar-refractivity contribution in [3.05, 3.63) is 23.2 Å². The van der Waals surface area contributed by atoms with Crippen molar-refractivity contribution in [3.63, 3.8) is 0 Å². The summed E-state index contributed by atoms with van der Waals surface area (Å²) in [6.45, 7) is 1.25. The van der Waals surface area contributed by atoms with Gasteiger partial charge in [-0.05, 0) is 39.2 Å². The second-order valence-electron chi connectivity index (χ2n) is 5.32. The van der Waals surface area contributed by atoms with E-state index in [1.165, 1.54) is 17.8 Å². The number of carbonyl (C=O) groups excluding carboxylic acids is 1. The van der Waals surface area contributed by atoms with Crippen LogP contribution in [-0.2, 0) is 4.79 Å². The van der Waals surface area contributed by atoms with Gasteiger partial charge in [0.25, 0.3) is 5.91 Å². The van der Waals surface area contributed by atoms with Crippen LogP contribution in [0.25, 0.3) is 0 Å². The minimum Gasteiger partial charge on any atom is -0.373 e. The summed E-state index contributed by atoms with van der Waals surface area (Å²) in [6, 6.07) is 4.61. The fourth-order valence-corrected chi connectivity index (χ4v) is 2.76. The summed E-state index contributed by atoms with van der Waals surface area (Å²) in [5.41, 5.74) is -3.48. The molecule has 0 aliphatic heterocycles. The van der Waals surface area contributed by atoms with Gasteiger partial charge in [-0.3, -0.25) is 4.79 Å². The van der Waals surface area contributed by atoms with E-state index in [2.05, 4.69) is 0 Å². The Bertz CT molecular complexity index is 565. The van der Waals surface area contributed by atoms with Crippen molar-refractivity contribution >= 4 is 35.0 Å². The number of nitrogens with zero attached hydrogens (tertiary/aromatic N) is 1. The first kappa shape index (κ1) is 20.1. The molecule has 0 heterocycles. The first-order chi connectivity index (χ1) is 10.4. The molecule has 0 bridgehead atoms. The molecule has 0 aliphatic rings. The van der Waals surface area contributed by atoms with Gasteiger partial charge >= 0.3 is 6.18 Å². The van der Waals surface area contributed by atoms with Gasteiger partial charge in [0.15, 0.2) is 0 Å². The van der Waals surface area contributed by atoms with Crippen molar-refractivity contribution < 1.29 is 23.1 Å². The maximum absolute atomic E-state index is 12.6. The molecule has 9 heteroatoms. The number of rotatable bonds is 6. The number of benzene rings is 1. The second kappa shape index (κ2) is 7.74. The number of anilines is 1. The molecule has 1 aromatic rings. The Hall–Kier alpha value is -0.960. The molecule has 0 unspecified atom stereocenters. The summed E-state index contributed by atoms with van der Waals surface area (Å²) >= 11 is 7.51. The van der Waals surface area contributed by atoms with E-state index in [1.54, 1.807) is 12.1 Å². The number of hydrogen-bond donors (Lipinski definition) is 2. The molecule has 23 heavy (non-hydrogen) atoms. The lowest BCUT2D eigenvalue weighted by molar-refractivity contribution is -0.242. The highest BCUT2D eigenvalue weighted by Gasteiger charge is 2.55. The second-order valence-corrected chi connectivity index (χ2v) is 6.89. The summed E-state index contributed by atoms with van der Waals surface area (Å²) in [5.74, 6) is -0.766. The first-order valence-electron chi connectivity index (χ1n) is 6.63. The van der Waals surface area contributed by atoms with E-state index in [9.17, 15) is 23.1 Å². The van der Waals surface area contributed by atoms with Crippen molar-refractivity contribution in [1.29, 1.82) is 0 Å². The van der Waals surface area contributed by atoms with Gasteiger partial charge in [0.05, 0.1) is 10.7 Å². The van der Waals surface area contributed by atoms with E-state index >= 15 is 0 Å². The minimum absolute atomic E-state index is 0.0122. The van der Waals surface area contributed by atoms with E-state index < -0.39 is 17.7 Å². The van der Waals surface area contributed by atoms with Crippen LogP contribution in [0.3, 0.4) is 0 Å². The molecule has 1 amide bonds. The fourth-order valence-electron chi connectivity index (χ4n) is 1.41. The van der Waals surface area contributed by atoms with Crippen LogP contribution < -0.4 is 5.32 Å². The standard InChI is InChI=1S/C14H18ClF3N2O2S/c1-13(22,14(16,17)18)12(21)19-11-5-4-9(8-10(11)15)23-7-6-20(2)3/h4-5,8,22H,6-7H2,1-3H3,(H,19,21)/t13-/m1/s1. The van der Waals surface area contributed by atoms with Gasteiger partial charge in [0, 0.05) is 17.2 Å². The van der Waals surface area contributed by atoms with E-state index in [0.29, 0.717) is 6.92 Å². The van der Waals surface area contributed by atoms with Gasteiger partial charge in [-0.25, -0.2) is 0 Å². The summed E-state index contributed by atoms with van der Waals surface area (Å²) < 4.78 is 37.8. The predicted octanol–water partition coefficient (Wildman–Crippen LogP) is 3.25. The number of alkyl halides is 3. The van der Waals surface area contributed by atoms with Crippen molar-refractivity contribution in [2.24, 2.45) is 0 Å². The molecule has 1 aromatic carbocycles. The Morgan fingerprint density at radius 2 is 2.00 bits per heavy atom. The van der Waals surface area contributed by atoms with Crippen LogP contribution in [0.15, 0.2) is 23.1 Å². The summed E-state index contributed by atoms with van der Waals surface area (Å²) in [7, 11) is 3.89. The largest absolute Gasteiger partial charge is 0.426 e. The van der Waals surface area contributed by atoms with E-state index in [-0.39, 0.29) is 10.7 Å². The van der Waals surface area contributed by atoms with Crippen molar-refractivity contribution in [2.75, 3.05) is 31.7 Å². The number of amides is 1. The van der Waals surface area contributed by atoms with Crippen LogP contribution in [-0.4, -0.2) is 54.1 Å². The zero-order valence-electron chi connectivity index (χ0n) is 12.9. The third-order valence-electron chi connectivity index (χ3n) is 2.99.